The quantitative estimate of drug-likeness (QED) is 0.806. The molecule has 6 heteroatoms. The fourth-order valence-corrected chi connectivity index (χ4v) is 2.67. The molecule has 0 saturated heterocycles. The Morgan fingerprint density at radius 2 is 1.95 bits per heavy atom. The van der Waals surface area contributed by atoms with Crippen LogP contribution in [0.1, 0.15) is 31.7 Å². The average molecular weight is 301 g/mol. The van der Waals surface area contributed by atoms with Crippen molar-refractivity contribution in [2.45, 2.75) is 38.6 Å². The molecule has 1 heterocycles. The van der Waals surface area contributed by atoms with E-state index in [1.54, 1.807) is 17.9 Å². The predicted molar refractivity (Wildman–Crippen MR) is 82.6 cm³/mol. The third kappa shape index (κ3) is 3.10. The summed E-state index contributed by atoms with van der Waals surface area (Å²) < 4.78 is 0. The molecule has 0 unspecified atom stereocenters. The summed E-state index contributed by atoms with van der Waals surface area (Å²) in [5.74, 6) is -1.22. The van der Waals surface area contributed by atoms with Crippen molar-refractivity contribution in [3.63, 3.8) is 0 Å². The summed E-state index contributed by atoms with van der Waals surface area (Å²) in [7, 11) is 0. The zero-order valence-electron chi connectivity index (χ0n) is 12.5. The second-order valence-corrected chi connectivity index (χ2v) is 5.82. The second kappa shape index (κ2) is 5.79. The lowest BCUT2D eigenvalue weighted by Gasteiger charge is -2.28. The van der Waals surface area contributed by atoms with Gasteiger partial charge in [-0.25, -0.2) is 0 Å². The molecule has 2 aliphatic rings. The number of hydrogen-bond donors (Lipinski definition) is 2. The van der Waals surface area contributed by atoms with Gasteiger partial charge in [0.05, 0.1) is 0 Å². The number of anilines is 2. The van der Waals surface area contributed by atoms with E-state index in [4.69, 9.17) is 0 Å². The number of rotatable bonds is 2. The van der Waals surface area contributed by atoms with Crippen molar-refractivity contribution in [1.29, 1.82) is 0 Å². The number of benzene rings is 1. The van der Waals surface area contributed by atoms with Crippen LogP contribution in [0.4, 0.5) is 11.4 Å². The first-order valence-corrected chi connectivity index (χ1v) is 7.57. The Labute approximate surface area is 128 Å². The van der Waals surface area contributed by atoms with E-state index in [-0.39, 0.29) is 11.9 Å². The van der Waals surface area contributed by atoms with Gasteiger partial charge in [-0.05, 0) is 49.4 Å². The molecule has 1 aliphatic carbocycles. The monoisotopic (exact) mass is 301 g/mol. The van der Waals surface area contributed by atoms with Gasteiger partial charge in [0.25, 0.3) is 0 Å². The molecule has 0 atom stereocenters. The van der Waals surface area contributed by atoms with E-state index >= 15 is 0 Å². The van der Waals surface area contributed by atoms with Gasteiger partial charge in [0.1, 0.15) is 0 Å². The minimum atomic E-state index is -0.647. The number of fused-ring (bicyclic) bond motifs is 1. The van der Waals surface area contributed by atoms with Crippen LogP contribution in [0.5, 0.6) is 0 Å². The smallest absolute Gasteiger partial charge is 0.313 e. The van der Waals surface area contributed by atoms with Gasteiger partial charge in [-0.2, -0.15) is 0 Å². The molecular formula is C16H19N3O3. The summed E-state index contributed by atoms with van der Waals surface area (Å²) in [6.07, 6.45) is 3.64. The van der Waals surface area contributed by atoms with Crippen LogP contribution >= 0.6 is 0 Å². The van der Waals surface area contributed by atoms with Crippen molar-refractivity contribution >= 4 is 29.1 Å². The van der Waals surface area contributed by atoms with Crippen LogP contribution in [0.2, 0.25) is 0 Å². The normalized spacial score (nSPS) is 16.7. The summed E-state index contributed by atoms with van der Waals surface area (Å²) >= 11 is 0. The summed E-state index contributed by atoms with van der Waals surface area (Å²) in [5.41, 5.74) is 2.49. The highest BCUT2D eigenvalue weighted by molar-refractivity contribution is 6.39. The molecular weight excluding hydrogens is 282 g/mol. The van der Waals surface area contributed by atoms with Crippen LogP contribution in [-0.2, 0) is 20.8 Å². The van der Waals surface area contributed by atoms with E-state index in [0.717, 1.165) is 43.5 Å². The van der Waals surface area contributed by atoms with Crippen LogP contribution < -0.4 is 15.5 Å². The predicted octanol–water partition coefficient (Wildman–Crippen LogP) is 1.20. The maximum Gasteiger partial charge on any atom is 0.313 e. The van der Waals surface area contributed by atoms with Crippen molar-refractivity contribution in [2.24, 2.45) is 0 Å². The molecule has 1 saturated carbocycles. The lowest BCUT2D eigenvalue weighted by Crippen LogP contribution is -2.36. The first-order valence-electron chi connectivity index (χ1n) is 7.57. The van der Waals surface area contributed by atoms with Gasteiger partial charge in [0.15, 0.2) is 0 Å². The van der Waals surface area contributed by atoms with Gasteiger partial charge in [-0.15, -0.1) is 0 Å². The van der Waals surface area contributed by atoms with E-state index in [1.165, 1.54) is 0 Å². The largest absolute Gasteiger partial charge is 0.345 e. The maximum absolute atomic E-state index is 11.8. The number of carbonyl (C=O) groups excluding carboxylic acids is 3. The molecule has 116 valence electrons. The minimum absolute atomic E-state index is 0.0153. The highest BCUT2D eigenvalue weighted by Gasteiger charge is 2.26. The molecule has 1 aromatic rings. The number of nitrogens with zero attached hydrogens (tertiary/aromatic N) is 1. The Bertz CT molecular complexity index is 638. The fraction of sp³-hybridized carbons (Fsp3) is 0.438. The summed E-state index contributed by atoms with van der Waals surface area (Å²) in [6.45, 7) is 2.27. The van der Waals surface area contributed by atoms with Crippen molar-refractivity contribution in [2.75, 3.05) is 16.8 Å². The number of amides is 3. The first kappa shape index (κ1) is 14.6. The van der Waals surface area contributed by atoms with Crippen LogP contribution in [0, 0.1) is 0 Å². The summed E-state index contributed by atoms with van der Waals surface area (Å²) in [4.78, 5) is 36.8. The lowest BCUT2D eigenvalue weighted by molar-refractivity contribution is -0.136. The number of carbonyl (C=O) groups is 3. The Morgan fingerprint density at radius 3 is 2.64 bits per heavy atom. The molecule has 1 aliphatic heterocycles. The zero-order chi connectivity index (χ0) is 15.7. The zero-order valence-corrected chi connectivity index (χ0v) is 12.5. The fourth-order valence-electron chi connectivity index (χ4n) is 2.67. The molecule has 0 aromatic heterocycles. The Balaban J connectivity index is 1.71. The van der Waals surface area contributed by atoms with Crippen molar-refractivity contribution < 1.29 is 14.4 Å². The molecule has 22 heavy (non-hydrogen) atoms. The minimum Gasteiger partial charge on any atom is -0.345 e. The SMILES string of the molecule is CC(=O)N1CCCc2cc(NC(=O)C(=O)NC3CC3)ccc21. The number of nitrogens with one attached hydrogen (secondary N) is 2. The molecule has 3 rings (SSSR count). The average Bonchev–Trinajstić information content (AvgIpc) is 3.30. The van der Waals surface area contributed by atoms with Crippen LogP contribution in [-0.4, -0.2) is 30.3 Å². The van der Waals surface area contributed by atoms with Crippen molar-refractivity contribution in [3.8, 4) is 0 Å². The molecule has 0 spiro atoms. The van der Waals surface area contributed by atoms with Crippen molar-refractivity contribution in [1.82, 2.24) is 5.32 Å². The first-order chi connectivity index (χ1) is 10.5. The maximum atomic E-state index is 11.8. The molecule has 1 aromatic carbocycles. The van der Waals surface area contributed by atoms with E-state index in [2.05, 4.69) is 10.6 Å². The van der Waals surface area contributed by atoms with E-state index < -0.39 is 11.8 Å². The third-order valence-electron chi connectivity index (χ3n) is 3.95. The Kier molecular flexibility index (Phi) is 3.83. The highest BCUT2D eigenvalue weighted by atomic mass is 16.2. The molecule has 6 nitrogen and oxygen atoms in total. The van der Waals surface area contributed by atoms with Gasteiger partial charge in [0.2, 0.25) is 5.91 Å². The number of hydrogen-bond acceptors (Lipinski definition) is 3. The Hall–Kier alpha value is -2.37. The molecule has 2 N–H and O–H groups in total. The van der Waals surface area contributed by atoms with Crippen molar-refractivity contribution in [3.05, 3.63) is 23.8 Å². The van der Waals surface area contributed by atoms with Gasteiger partial charge in [0, 0.05) is 30.9 Å². The molecule has 3 amide bonds. The second-order valence-electron chi connectivity index (χ2n) is 5.82. The Morgan fingerprint density at radius 1 is 1.18 bits per heavy atom. The van der Waals surface area contributed by atoms with Crippen LogP contribution in [0.3, 0.4) is 0 Å². The third-order valence-corrected chi connectivity index (χ3v) is 3.95. The van der Waals surface area contributed by atoms with E-state index in [1.807, 2.05) is 12.1 Å². The number of aryl methyl sites for hydroxylation is 1. The van der Waals surface area contributed by atoms with Crippen LogP contribution in [0.25, 0.3) is 0 Å². The van der Waals surface area contributed by atoms with Gasteiger partial charge in [-0.1, -0.05) is 0 Å². The van der Waals surface area contributed by atoms with Gasteiger partial charge < -0.3 is 15.5 Å². The summed E-state index contributed by atoms with van der Waals surface area (Å²) in [6, 6.07) is 5.55. The van der Waals surface area contributed by atoms with Gasteiger partial charge >= 0.3 is 11.8 Å². The summed E-state index contributed by atoms with van der Waals surface area (Å²) in [5, 5.41) is 5.27. The molecule has 0 radical (unpaired) electrons. The lowest BCUT2D eigenvalue weighted by atomic mass is 10.0. The molecule has 1 fully saturated rings. The highest BCUT2D eigenvalue weighted by Crippen LogP contribution is 2.29. The van der Waals surface area contributed by atoms with E-state index in [0.29, 0.717) is 5.69 Å². The molecule has 0 bridgehead atoms. The van der Waals surface area contributed by atoms with Crippen LogP contribution in [0.15, 0.2) is 18.2 Å². The van der Waals surface area contributed by atoms with Gasteiger partial charge in [-0.3, -0.25) is 14.4 Å². The standard InChI is InChI=1S/C16H19N3O3/c1-10(20)19-8-2-3-11-9-13(6-7-14(11)19)18-16(22)15(21)17-12-4-5-12/h6-7,9,12H,2-5,8H2,1H3,(H,17,21)(H,18,22). The topological polar surface area (TPSA) is 78.5 Å². The van der Waals surface area contributed by atoms with E-state index in [9.17, 15) is 14.4 Å².